The highest BCUT2D eigenvalue weighted by molar-refractivity contribution is 4.93. The summed E-state index contributed by atoms with van der Waals surface area (Å²) in [5.41, 5.74) is 0.270. The molecule has 1 N–H and O–H groups in total. The molecule has 2 aliphatic rings. The first-order valence-electron chi connectivity index (χ1n) is 7.22. The van der Waals surface area contributed by atoms with Crippen LogP contribution in [-0.4, -0.2) is 48.8 Å². The molecule has 0 spiro atoms. The second kappa shape index (κ2) is 5.68. The highest BCUT2D eigenvalue weighted by Crippen LogP contribution is 2.23. The van der Waals surface area contributed by atoms with E-state index in [9.17, 15) is 0 Å². The average molecular weight is 240 g/mol. The van der Waals surface area contributed by atoms with Crippen molar-refractivity contribution in [2.45, 2.75) is 64.1 Å². The fourth-order valence-corrected chi connectivity index (χ4v) is 2.88. The molecular weight excluding hydrogens is 212 g/mol. The second-order valence-electron chi connectivity index (χ2n) is 6.19. The molecule has 0 aromatic heterocycles. The summed E-state index contributed by atoms with van der Waals surface area (Å²) >= 11 is 0. The van der Waals surface area contributed by atoms with Gasteiger partial charge in [0.05, 0.1) is 6.10 Å². The first kappa shape index (κ1) is 13.3. The lowest BCUT2D eigenvalue weighted by atomic mass is 9.95. The van der Waals surface area contributed by atoms with Crippen molar-refractivity contribution in [2.24, 2.45) is 0 Å². The van der Waals surface area contributed by atoms with Crippen molar-refractivity contribution in [1.82, 2.24) is 10.2 Å². The number of piperazine rings is 1. The minimum atomic E-state index is 0.270. The van der Waals surface area contributed by atoms with Gasteiger partial charge in [0.25, 0.3) is 0 Å². The van der Waals surface area contributed by atoms with E-state index in [0.29, 0.717) is 12.1 Å². The molecule has 2 rings (SSSR count). The lowest BCUT2D eigenvalue weighted by Crippen LogP contribution is -2.63. The first-order chi connectivity index (χ1) is 8.12. The van der Waals surface area contributed by atoms with E-state index in [2.05, 4.69) is 31.0 Å². The van der Waals surface area contributed by atoms with Crippen molar-refractivity contribution in [3.8, 4) is 0 Å². The van der Waals surface area contributed by atoms with Gasteiger partial charge in [0.15, 0.2) is 0 Å². The third-order valence-corrected chi connectivity index (χ3v) is 4.31. The Morgan fingerprint density at radius 3 is 2.82 bits per heavy atom. The van der Waals surface area contributed by atoms with Crippen LogP contribution in [0.3, 0.4) is 0 Å². The summed E-state index contributed by atoms with van der Waals surface area (Å²) in [6.45, 7) is 11.3. The standard InChI is InChI=1S/C14H28N2O/c1-4-12-9-16(14(2,3)11-15-12)10-13-7-5-6-8-17-13/h12-13,15H,4-11H2,1-3H3. The zero-order valence-electron chi connectivity index (χ0n) is 11.7. The Labute approximate surface area is 106 Å². The quantitative estimate of drug-likeness (QED) is 0.817. The van der Waals surface area contributed by atoms with Crippen LogP contribution in [-0.2, 0) is 4.74 Å². The number of ether oxygens (including phenoxy) is 1. The van der Waals surface area contributed by atoms with Crippen molar-refractivity contribution >= 4 is 0 Å². The number of nitrogens with zero attached hydrogens (tertiary/aromatic N) is 1. The van der Waals surface area contributed by atoms with Gasteiger partial charge in [0, 0.05) is 37.8 Å². The fraction of sp³-hybridized carbons (Fsp3) is 1.00. The summed E-state index contributed by atoms with van der Waals surface area (Å²) in [4.78, 5) is 2.63. The molecule has 3 heteroatoms. The highest BCUT2D eigenvalue weighted by atomic mass is 16.5. The topological polar surface area (TPSA) is 24.5 Å². The molecule has 100 valence electrons. The van der Waals surface area contributed by atoms with Crippen molar-refractivity contribution in [1.29, 1.82) is 0 Å². The number of nitrogens with one attached hydrogen (secondary N) is 1. The van der Waals surface area contributed by atoms with Crippen LogP contribution in [0, 0.1) is 0 Å². The molecule has 0 amide bonds. The Hall–Kier alpha value is -0.120. The summed E-state index contributed by atoms with van der Waals surface area (Å²) in [7, 11) is 0. The maximum absolute atomic E-state index is 5.88. The van der Waals surface area contributed by atoms with Crippen LogP contribution in [0.2, 0.25) is 0 Å². The van der Waals surface area contributed by atoms with Crippen molar-refractivity contribution in [3.05, 3.63) is 0 Å². The van der Waals surface area contributed by atoms with Gasteiger partial charge in [-0.05, 0) is 39.5 Å². The maximum Gasteiger partial charge on any atom is 0.0702 e. The van der Waals surface area contributed by atoms with Gasteiger partial charge in [-0.1, -0.05) is 6.92 Å². The molecule has 17 heavy (non-hydrogen) atoms. The van der Waals surface area contributed by atoms with Gasteiger partial charge in [0.2, 0.25) is 0 Å². The predicted octanol–water partition coefficient (Wildman–Crippen LogP) is 2.02. The third-order valence-electron chi connectivity index (χ3n) is 4.31. The molecule has 2 heterocycles. The monoisotopic (exact) mass is 240 g/mol. The van der Waals surface area contributed by atoms with Gasteiger partial charge < -0.3 is 10.1 Å². The molecule has 0 bridgehead atoms. The van der Waals surface area contributed by atoms with E-state index in [1.54, 1.807) is 0 Å². The molecule has 0 aliphatic carbocycles. The number of hydrogen-bond acceptors (Lipinski definition) is 3. The Morgan fingerprint density at radius 1 is 1.35 bits per heavy atom. The van der Waals surface area contributed by atoms with Crippen LogP contribution < -0.4 is 5.32 Å². The van der Waals surface area contributed by atoms with Crippen LogP contribution >= 0.6 is 0 Å². The van der Waals surface area contributed by atoms with E-state index in [1.807, 2.05) is 0 Å². The lowest BCUT2D eigenvalue weighted by Gasteiger charge is -2.47. The van der Waals surface area contributed by atoms with Gasteiger partial charge >= 0.3 is 0 Å². The van der Waals surface area contributed by atoms with E-state index in [4.69, 9.17) is 4.74 Å². The second-order valence-corrected chi connectivity index (χ2v) is 6.19. The van der Waals surface area contributed by atoms with E-state index in [-0.39, 0.29) is 5.54 Å². The van der Waals surface area contributed by atoms with Gasteiger partial charge in [-0.3, -0.25) is 4.90 Å². The Kier molecular flexibility index (Phi) is 4.45. The Morgan fingerprint density at radius 2 is 2.18 bits per heavy atom. The van der Waals surface area contributed by atoms with Crippen LogP contribution in [0.25, 0.3) is 0 Å². The van der Waals surface area contributed by atoms with Crippen molar-refractivity contribution in [3.63, 3.8) is 0 Å². The zero-order valence-corrected chi connectivity index (χ0v) is 11.7. The normalized spacial score (nSPS) is 34.8. The molecule has 2 fully saturated rings. The smallest absolute Gasteiger partial charge is 0.0702 e. The average Bonchev–Trinajstić information content (AvgIpc) is 2.33. The lowest BCUT2D eigenvalue weighted by molar-refractivity contribution is -0.0376. The molecule has 3 nitrogen and oxygen atoms in total. The van der Waals surface area contributed by atoms with Crippen LogP contribution in [0.4, 0.5) is 0 Å². The largest absolute Gasteiger partial charge is 0.377 e. The molecule has 0 aromatic carbocycles. The minimum absolute atomic E-state index is 0.270. The van der Waals surface area contributed by atoms with Crippen LogP contribution in [0.15, 0.2) is 0 Å². The van der Waals surface area contributed by atoms with Gasteiger partial charge in [-0.15, -0.1) is 0 Å². The van der Waals surface area contributed by atoms with Crippen molar-refractivity contribution < 1.29 is 4.74 Å². The summed E-state index contributed by atoms with van der Waals surface area (Å²) in [5, 5.41) is 3.64. The first-order valence-corrected chi connectivity index (χ1v) is 7.22. The zero-order chi connectivity index (χ0) is 12.3. The highest BCUT2D eigenvalue weighted by Gasteiger charge is 2.34. The summed E-state index contributed by atoms with van der Waals surface area (Å²) in [5.74, 6) is 0. The minimum Gasteiger partial charge on any atom is -0.377 e. The van der Waals surface area contributed by atoms with E-state index in [1.165, 1.54) is 32.2 Å². The Bertz CT molecular complexity index is 236. The van der Waals surface area contributed by atoms with E-state index >= 15 is 0 Å². The van der Waals surface area contributed by atoms with E-state index < -0.39 is 0 Å². The molecule has 2 unspecified atom stereocenters. The molecule has 0 radical (unpaired) electrons. The summed E-state index contributed by atoms with van der Waals surface area (Å²) in [6.07, 6.45) is 5.53. The third kappa shape index (κ3) is 3.43. The molecular formula is C14H28N2O. The number of rotatable bonds is 3. The van der Waals surface area contributed by atoms with Crippen LogP contribution in [0.5, 0.6) is 0 Å². The van der Waals surface area contributed by atoms with E-state index in [0.717, 1.165) is 19.7 Å². The van der Waals surface area contributed by atoms with Gasteiger partial charge in [0.1, 0.15) is 0 Å². The summed E-state index contributed by atoms with van der Waals surface area (Å²) < 4.78 is 5.88. The molecule has 0 saturated carbocycles. The molecule has 2 saturated heterocycles. The van der Waals surface area contributed by atoms with Crippen molar-refractivity contribution in [2.75, 3.05) is 26.2 Å². The predicted molar refractivity (Wildman–Crippen MR) is 71.3 cm³/mol. The summed E-state index contributed by atoms with van der Waals surface area (Å²) in [6, 6.07) is 0.659. The number of hydrogen-bond donors (Lipinski definition) is 1. The Balaban J connectivity index is 1.90. The molecule has 0 aromatic rings. The maximum atomic E-state index is 5.88. The molecule has 2 atom stereocenters. The molecule has 2 aliphatic heterocycles. The van der Waals surface area contributed by atoms with Gasteiger partial charge in [-0.2, -0.15) is 0 Å². The fourth-order valence-electron chi connectivity index (χ4n) is 2.88. The van der Waals surface area contributed by atoms with Crippen LogP contribution in [0.1, 0.15) is 46.5 Å². The van der Waals surface area contributed by atoms with Gasteiger partial charge in [-0.25, -0.2) is 0 Å². The SMILES string of the molecule is CCC1CN(CC2CCCCO2)C(C)(C)CN1.